The molecule has 2 amide bonds. The summed E-state index contributed by atoms with van der Waals surface area (Å²) in [6.45, 7) is 2.27. The van der Waals surface area contributed by atoms with Crippen LogP contribution in [0.25, 0.3) is 0 Å². The molecule has 150 valence electrons. The molecule has 4 rings (SSSR count). The van der Waals surface area contributed by atoms with Crippen molar-refractivity contribution >= 4 is 46.4 Å². The summed E-state index contributed by atoms with van der Waals surface area (Å²) < 4.78 is 5.27. The number of benzene rings is 1. The van der Waals surface area contributed by atoms with Crippen molar-refractivity contribution in [3.8, 4) is 0 Å². The van der Waals surface area contributed by atoms with Gasteiger partial charge in [0, 0.05) is 12.7 Å². The van der Waals surface area contributed by atoms with E-state index in [1.165, 1.54) is 13.1 Å². The molecule has 29 heavy (non-hydrogen) atoms. The van der Waals surface area contributed by atoms with Crippen molar-refractivity contribution in [1.82, 2.24) is 4.98 Å². The Labute approximate surface area is 172 Å². The van der Waals surface area contributed by atoms with Gasteiger partial charge in [0.05, 0.1) is 22.6 Å². The van der Waals surface area contributed by atoms with Gasteiger partial charge in [0.2, 0.25) is 5.91 Å². The fourth-order valence-electron chi connectivity index (χ4n) is 3.55. The molecular formula is C20H19ClN4O4. The van der Waals surface area contributed by atoms with E-state index in [9.17, 15) is 14.4 Å². The third-order valence-corrected chi connectivity index (χ3v) is 5.33. The number of carbonyl (C=O) groups excluding carboxylic acids is 3. The van der Waals surface area contributed by atoms with E-state index in [4.69, 9.17) is 16.3 Å². The van der Waals surface area contributed by atoms with Crippen LogP contribution in [0.1, 0.15) is 30.1 Å². The van der Waals surface area contributed by atoms with Gasteiger partial charge in [-0.2, -0.15) is 0 Å². The van der Waals surface area contributed by atoms with Crippen LogP contribution < -0.4 is 15.5 Å². The van der Waals surface area contributed by atoms with E-state index in [-0.39, 0.29) is 22.7 Å². The number of ether oxygens (including phenoxy) is 1. The van der Waals surface area contributed by atoms with E-state index in [1.54, 1.807) is 30.3 Å². The fraction of sp³-hybridized carbons (Fsp3) is 0.300. The summed E-state index contributed by atoms with van der Waals surface area (Å²) >= 11 is 5.92. The lowest BCUT2D eigenvalue weighted by molar-refractivity contribution is -0.123. The first-order chi connectivity index (χ1) is 13.9. The van der Waals surface area contributed by atoms with Crippen molar-refractivity contribution in [2.75, 3.05) is 22.1 Å². The van der Waals surface area contributed by atoms with Crippen LogP contribution >= 0.6 is 11.6 Å². The largest absolute Gasteiger partial charge is 0.449 e. The lowest BCUT2D eigenvalue weighted by Gasteiger charge is -2.33. The zero-order valence-electron chi connectivity index (χ0n) is 15.6. The van der Waals surface area contributed by atoms with Crippen LogP contribution in [0.3, 0.4) is 0 Å². The Balaban J connectivity index is 1.45. The number of rotatable bonds is 4. The van der Waals surface area contributed by atoms with Crippen LogP contribution in [0, 0.1) is 0 Å². The number of anilines is 3. The number of fused-ring (bicyclic) bond motifs is 3. The van der Waals surface area contributed by atoms with Gasteiger partial charge in [-0.05, 0) is 50.1 Å². The second-order valence-electron chi connectivity index (χ2n) is 6.95. The van der Waals surface area contributed by atoms with E-state index in [1.807, 2.05) is 0 Å². The van der Waals surface area contributed by atoms with Gasteiger partial charge >= 0.3 is 5.97 Å². The van der Waals surface area contributed by atoms with Crippen molar-refractivity contribution in [2.45, 2.75) is 31.9 Å². The average molecular weight is 415 g/mol. The van der Waals surface area contributed by atoms with Gasteiger partial charge in [0.25, 0.3) is 5.91 Å². The van der Waals surface area contributed by atoms with E-state index >= 15 is 0 Å². The molecule has 3 heterocycles. The standard InChI is InChI=1S/C20H19ClN4O4/c1-11(18(26)23-13-4-2-8-22-17(13)21)29-20(28)12-6-7-15-14(10-12)24-19(27)16-5-3-9-25(15)16/h2,4,6-8,10-11,16H,3,5,9H2,1H3,(H,23,26)(H,24,27)/t11-,16-/m0/s1. The normalized spacial score (nSPS) is 18.3. The first-order valence-corrected chi connectivity index (χ1v) is 9.66. The van der Waals surface area contributed by atoms with Gasteiger partial charge in [-0.25, -0.2) is 9.78 Å². The lowest BCUT2D eigenvalue weighted by Crippen LogP contribution is -2.43. The zero-order valence-corrected chi connectivity index (χ0v) is 16.4. The van der Waals surface area contributed by atoms with Gasteiger partial charge in [-0.15, -0.1) is 0 Å². The zero-order chi connectivity index (χ0) is 20.5. The third kappa shape index (κ3) is 3.75. The molecule has 0 aliphatic carbocycles. The monoisotopic (exact) mass is 414 g/mol. The Morgan fingerprint density at radius 1 is 1.38 bits per heavy atom. The number of carbonyl (C=O) groups is 3. The molecule has 1 aromatic heterocycles. The minimum absolute atomic E-state index is 0.0680. The Kier molecular flexibility index (Phi) is 5.10. The van der Waals surface area contributed by atoms with Crippen LogP contribution in [-0.2, 0) is 14.3 Å². The number of nitrogens with zero attached hydrogens (tertiary/aromatic N) is 2. The number of pyridine rings is 1. The molecule has 0 bridgehead atoms. The number of amides is 2. The number of esters is 1. The summed E-state index contributed by atoms with van der Waals surface area (Å²) in [5, 5.41) is 5.57. The highest BCUT2D eigenvalue weighted by Crippen LogP contribution is 2.37. The number of halogens is 1. The average Bonchev–Trinajstić information content (AvgIpc) is 3.20. The smallest absolute Gasteiger partial charge is 0.338 e. The molecule has 0 unspecified atom stereocenters. The van der Waals surface area contributed by atoms with Crippen LogP contribution in [0.2, 0.25) is 5.15 Å². The number of hydrogen-bond acceptors (Lipinski definition) is 6. The van der Waals surface area contributed by atoms with Gasteiger partial charge in [0.1, 0.15) is 6.04 Å². The molecule has 2 aromatic rings. The van der Waals surface area contributed by atoms with E-state index in [0.29, 0.717) is 11.4 Å². The molecule has 2 atom stereocenters. The molecular weight excluding hydrogens is 396 g/mol. The summed E-state index contributed by atoms with van der Waals surface area (Å²) in [5.41, 5.74) is 2.04. The number of hydrogen-bond donors (Lipinski definition) is 2. The predicted octanol–water partition coefficient (Wildman–Crippen LogP) is 2.84. The summed E-state index contributed by atoms with van der Waals surface area (Å²) in [4.78, 5) is 43.0. The Morgan fingerprint density at radius 2 is 2.21 bits per heavy atom. The van der Waals surface area contributed by atoms with Crippen molar-refractivity contribution in [3.05, 3.63) is 47.2 Å². The second-order valence-corrected chi connectivity index (χ2v) is 7.31. The minimum Gasteiger partial charge on any atom is -0.449 e. The SMILES string of the molecule is C[C@H](OC(=O)c1ccc2c(c1)NC(=O)[C@@H]1CCCN21)C(=O)Nc1cccnc1Cl. The quantitative estimate of drug-likeness (QED) is 0.589. The summed E-state index contributed by atoms with van der Waals surface area (Å²) in [7, 11) is 0. The van der Waals surface area contributed by atoms with Crippen molar-refractivity contribution in [1.29, 1.82) is 0 Å². The van der Waals surface area contributed by atoms with E-state index in [0.717, 1.165) is 25.1 Å². The Bertz CT molecular complexity index is 996. The Morgan fingerprint density at radius 3 is 3.00 bits per heavy atom. The summed E-state index contributed by atoms with van der Waals surface area (Å²) in [5.74, 6) is -1.26. The topological polar surface area (TPSA) is 101 Å². The maximum Gasteiger partial charge on any atom is 0.338 e. The Hall–Kier alpha value is -3.13. The molecule has 0 spiro atoms. The van der Waals surface area contributed by atoms with Crippen LogP contribution in [0.4, 0.5) is 17.1 Å². The molecule has 2 aliphatic rings. The number of aromatic nitrogens is 1. The minimum atomic E-state index is -1.05. The molecule has 2 aliphatic heterocycles. The van der Waals surface area contributed by atoms with Gasteiger partial charge in [0.15, 0.2) is 11.3 Å². The van der Waals surface area contributed by atoms with Crippen LogP contribution in [0.15, 0.2) is 36.5 Å². The van der Waals surface area contributed by atoms with Gasteiger partial charge in [-0.3, -0.25) is 9.59 Å². The molecule has 0 saturated carbocycles. The van der Waals surface area contributed by atoms with Gasteiger partial charge < -0.3 is 20.3 Å². The molecule has 1 aromatic carbocycles. The van der Waals surface area contributed by atoms with Crippen LogP contribution in [-0.4, -0.2) is 41.5 Å². The maximum absolute atomic E-state index is 12.5. The first-order valence-electron chi connectivity index (χ1n) is 9.28. The third-order valence-electron chi connectivity index (χ3n) is 5.03. The fourth-order valence-corrected chi connectivity index (χ4v) is 3.72. The molecule has 0 radical (unpaired) electrons. The molecule has 1 fully saturated rings. The molecule has 2 N–H and O–H groups in total. The highest BCUT2D eigenvalue weighted by molar-refractivity contribution is 6.32. The first kappa shape index (κ1) is 19.2. The lowest BCUT2D eigenvalue weighted by atomic mass is 10.1. The number of nitrogens with one attached hydrogen (secondary N) is 2. The van der Waals surface area contributed by atoms with E-state index in [2.05, 4.69) is 20.5 Å². The highest BCUT2D eigenvalue weighted by Gasteiger charge is 2.36. The highest BCUT2D eigenvalue weighted by atomic mass is 35.5. The van der Waals surface area contributed by atoms with Crippen molar-refractivity contribution < 1.29 is 19.1 Å². The maximum atomic E-state index is 12.5. The summed E-state index contributed by atoms with van der Waals surface area (Å²) in [6, 6.07) is 8.08. The predicted molar refractivity (Wildman–Crippen MR) is 108 cm³/mol. The van der Waals surface area contributed by atoms with E-state index < -0.39 is 18.0 Å². The molecule has 1 saturated heterocycles. The van der Waals surface area contributed by atoms with Crippen molar-refractivity contribution in [2.24, 2.45) is 0 Å². The molecule has 8 nitrogen and oxygen atoms in total. The van der Waals surface area contributed by atoms with Gasteiger partial charge in [-0.1, -0.05) is 11.6 Å². The second kappa shape index (κ2) is 7.71. The van der Waals surface area contributed by atoms with Crippen molar-refractivity contribution in [3.63, 3.8) is 0 Å². The van der Waals surface area contributed by atoms with Crippen LogP contribution in [0.5, 0.6) is 0 Å². The summed E-state index contributed by atoms with van der Waals surface area (Å²) in [6.07, 6.45) is 2.23. The molecule has 9 heteroatoms.